The van der Waals surface area contributed by atoms with Crippen molar-refractivity contribution in [2.45, 2.75) is 39.5 Å². The summed E-state index contributed by atoms with van der Waals surface area (Å²) in [6.07, 6.45) is 1.82. The van der Waals surface area contributed by atoms with Crippen LogP contribution in [0.5, 0.6) is 5.75 Å². The Labute approximate surface area is 176 Å². The summed E-state index contributed by atoms with van der Waals surface area (Å²) in [5.41, 5.74) is 4.39. The fourth-order valence-electron chi connectivity index (χ4n) is 2.58. The van der Waals surface area contributed by atoms with E-state index in [2.05, 4.69) is 84.6 Å². The van der Waals surface area contributed by atoms with Crippen LogP contribution in [0.2, 0.25) is 0 Å². The zero-order chi connectivity index (χ0) is 20.2. The molecule has 6 heteroatoms. The summed E-state index contributed by atoms with van der Waals surface area (Å²) < 4.78 is 16.9. The number of benzene rings is 2. The number of ether oxygens (including phenoxy) is 1. The molecule has 0 spiro atoms. The second kappa shape index (κ2) is 13.0. The van der Waals surface area contributed by atoms with Gasteiger partial charge in [0.15, 0.2) is 0 Å². The van der Waals surface area contributed by atoms with Gasteiger partial charge in [-0.2, -0.15) is 4.94 Å². The van der Waals surface area contributed by atoms with Crippen LogP contribution in [0.25, 0.3) is 0 Å². The van der Waals surface area contributed by atoms with Gasteiger partial charge in [0.2, 0.25) is 0 Å². The van der Waals surface area contributed by atoms with Gasteiger partial charge in [-0.1, -0.05) is 45.9 Å². The summed E-state index contributed by atoms with van der Waals surface area (Å²) in [4.78, 5) is 8.24. The molecular weight excluding hydrogens is 459 g/mol. The molecule has 0 aliphatic heterocycles. The van der Waals surface area contributed by atoms with E-state index in [4.69, 9.17) is 9.73 Å². The molecule has 0 saturated heterocycles. The fourth-order valence-corrected chi connectivity index (χ4v) is 2.58. The Morgan fingerprint density at radius 3 is 2.19 bits per heavy atom. The molecule has 0 unspecified atom stereocenters. The zero-order valence-electron chi connectivity index (χ0n) is 15.9. The molecule has 0 bridgehead atoms. The van der Waals surface area contributed by atoms with Gasteiger partial charge in [-0.15, -0.1) is 29.8 Å². The third-order valence-electron chi connectivity index (χ3n) is 3.91. The number of para-hydroxylation sites is 1. The topological polar surface area (TPSA) is 30.8 Å². The predicted molar refractivity (Wildman–Crippen MR) is 106 cm³/mol. The molecule has 0 N–H and O–H groups in total. The van der Waals surface area contributed by atoms with Gasteiger partial charge in [-0.25, -0.2) is 0 Å². The van der Waals surface area contributed by atoms with E-state index in [1.165, 1.54) is 11.1 Å². The first-order valence-corrected chi connectivity index (χ1v) is 10.7. The number of rotatable bonds is 8. The first-order valence-electron chi connectivity index (χ1n) is 8.69. The van der Waals surface area contributed by atoms with Crippen LogP contribution in [-0.2, 0) is 23.1 Å². The van der Waals surface area contributed by atoms with Crippen LogP contribution in [0.4, 0.5) is 10.2 Å². The molecule has 0 aromatic heterocycles. The third kappa shape index (κ3) is 7.72. The van der Waals surface area contributed by atoms with Crippen molar-refractivity contribution in [1.29, 1.82) is 0 Å². The molecule has 0 fully saturated rings. The molecule has 0 heterocycles. The summed E-state index contributed by atoms with van der Waals surface area (Å²) in [5, 5.41) is 0. The molecule has 0 radical (unpaired) electrons. The Morgan fingerprint density at radius 1 is 1.07 bits per heavy atom. The van der Waals surface area contributed by atoms with Crippen molar-refractivity contribution >= 4 is 21.4 Å². The average molecular weight is 484 g/mol. The standard InChI is InChI=1S/C21H25FNO2.ClH.Pd/c1-15(2)19-6-5-7-20(16(3)4)21(19)23-14-17-8-10-18(11-9-17)24-12-13-25-22;;/h5-8,10-11,14-16H,12-13H2,1-4H3;1H;/q-1;;+2/p-1. The molecule has 3 nitrogen and oxygen atoms in total. The minimum absolute atomic E-state index is 0.0901. The average Bonchev–Trinajstić information content (AvgIpc) is 2.68. The maximum absolute atomic E-state index is 11.6. The number of aliphatic imine (C=N–C) groups is 1. The van der Waals surface area contributed by atoms with Crippen LogP contribution in [0, 0.1) is 6.07 Å². The molecule has 0 aliphatic rings. The molecular formula is C21H25ClFNO2Pd. The first-order chi connectivity index (χ1) is 13.0. The molecule has 2 aromatic rings. The van der Waals surface area contributed by atoms with Crippen molar-refractivity contribution in [2.24, 2.45) is 4.99 Å². The van der Waals surface area contributed by atoms with Crippen LogP contribution in [0.15, 0.2) is 41.4 Å². The number of nitrogens with zero attached hydrogens (tertiary/aromatic N) is 1. The molecule has 2 rings (SSSR count). The van der Waals surface area contributed by atoms with Crippen LogP contribution in [0.3, 0.4) is 0 Å². The van der Waals surface area contributed by atoms with Crippen molar-refractivity contribution < 1.29 is 32.4 Å². The summed E-state index contributed by atoms with van der Waals surface area (Å²) in [6.45, 7) is 8.79. The van der Waals surface area contributed by atoms with Gasteiger partial charge < -0.3 is 9.73 Å². The van der Waals surface area contributed by atoms with E-state index >= 15 is 0 Å². The van der Waals surface area contributed by atoms with Gasteiger partial charge in [0.25, 0.3) is 0 Å². The van der Waals surface area contributed by atoms with Gasteiger partial charge in [-0.3, -0.25) is 0 Å². The van der Waals surface area contributed by atoms with E-state index < -0.39 is 0 Å². The number of hydrogen-bond acceptors (Lipinski definition) is 3. The van der Waals surface area contributed by atoms with Gasteiger partial charge in [0.1, 0.15) is 13.2 Å². The summed E-state index contributed by atoms with van der Waals surface area (Å²) in [5.74, 6) is 1.44. The summed E-state index contributed by atoms with van der Waals surface area (Å²) >= 11 is 2.22. The second-order valence-corrected chi connectivity index (χ2v) is 6.49. The molecule has 0 saturated carbocycles. The fraction of sp³-hybridized carbons (Fsp3) is 0.381. The number of halogens is 2. The Hall–Kier alpha value is -1.25. The maximum atomic E-state index is 11.6. The van der Waals surface area contributed by atoms with Crippen LogP contribution in [0.1, 0.15) is 56.2 Å². The van der Waals surface area contributed by atoms with E-state index in [0.717, 1.165) is 11.3 Å². The third-order valence-corrected chi connectivity index (χ3v) is 3.91. The molecule has 0 amide bonds. The van der Waals surface area contributed by atoms with Crippen molar-refractivity contribution in [1.82, 2.24) is 0 Å². The van der Waals surface area contributed by atoms with Crippen LogP contribution < -0.4 is 4.74 Å². The van der Waals surface area contributed by atoms with E-state index in [1.807, 2.05) is 18.3 Å². The Bertz CT molecular complexity index is 680. The van der Waals surface area contributed by atoms with Gasteiger partial charge in [-0.05, 0) is 33.7 Å². The monoisotopic (exact) mass is 483 g/mol. The summed E-state index contributed by atoms with van der Waals surface area (Å²) in [6, 6.07) is 14.9. The Balaban J connectivity index is 0.00000176. The van der Waals surface area contributed by atoms with E-state index in [1.54, 1.807) is 6.07 Å². The van der Waals surface area contributed by atoms with Gasteiger partial charge in [0.05, 0.1) is 5.69 Å². The molecule has 2 aromatic carbocycles. The van der Waals surface area contributed by atoms with E-state index in [9.17, 15) is 4.53 Å². The van der Waals surface area contributed by atoms with Crippen LogP contribution >= 0.6 is 9.53 Å². The van der Waals surface area contributed by atoms with E-state index in [0.29, 0.717) is 17.6 Å². The Morgan fingerprint density at radius 2 is 1.70 bits per heavy atom. The van der Waals surface area contributed by atoms with Crippen LogP contribution in [-0.4, -0.2) is 19.4 Å². The zero-order valence-corrected chi connectivity index (χ0v) is 18.3. The predicted octanol–water partition coefficient (Wildman–Crippen LogP) is 6.45. The second-order valence-electron chi connectivity index (χ2n) is 6.49. The van der Waals surface area contributed by atoms with Gasteiger partial charge in [0, 0.05) is 5.75 Å². The molecule has 0 aliphatic carbocycles. The van der Waals surface area contributed by atoms with Crippen molar-refractivity contribution in [3.63, 3.8) is 0 Å². The Kier molecular flexibility index (Phi) is 11.5. The first kappa shape index (κ1) is 23.8. The molecule has 27 heavy (non-hydrogen) atoms. The minimum atomic E-state index is -0.0901. The number of hydrogen-bond donors (Lipinski definition) is 0. The van der Waals surface area contributed by atoms with Crippen molar-refractivity contribution in [3.8, 4) is 5.75 Å². The van der Waals surface area contributed by atoms with Crippen molar-refractivity contribution in [2.75, 3.05) is 13.2 Å². The van der Waals surface area contributed by atoms with Crippen molar-refractivity contribution in [3.05, 3.63) is 59.2 Å². The quantitative estimate of drug-likeness (QED) is 0.187. The van der Waals surface area contributed by atoms with E-state index in [-0.39, 0.29) is 13.2 Å². The molecule has 150 valence electrons. The SMILES string of the molecule is CC(C)c1cccc(C(C)C)c1N=Cc1[c-]cc(OCCOF)cc1.[Cl][Pd+]. The molecule has 0 atom stereocenters. The van der Waals surface area contributed by atoms with Gasteiger partial charge >= 0.3 is 27.7 Å². The normalized spacial score (nSPS) is 11.0. The summed E-state index contributed by atoms with van der Waals surface area (Å²) in [7, 11) is 4.49.